The van der Waals surface area contributed by atoms with Crippen LogP contribution in [-0.4, -0.2) is 36.4 Å². The van der Waals surface area contributed by atoms with Gasteiger partial charge >= 0.3 is 0 Å². The van der Waals surface area contributed by atoms with Gasteiger partial charge in [0.1, 0.15) is 9.28 Å². The van der Waals surface area contributed by atoms with Crippen LogP contribution in [0, 0.1) is 9.28 Å². The summed E-state index contributed by atoms with van der Waals surface area (Å²) in [6.45, 7) is 4.57. The Morgan fingerprint density at radius 3 is 1.48 bits per heavy atom. The predicted octanol–water partition coefficient (Wildman–Crippen LogP) is 10.9. The molecule has 2 atom stereocenters. The van der Waals surface area contributed by atoms with Crippen molar-refractivity contribution in [2.45, 2.75) is 96.1 Å². The number of hydrogen-bond acceptors (Lipinski definition) is 7. The maximum atomic E-state index is 13.3. The number of fused-ring (bicyclic) bond motifs is 2. The first kappa shape index (κ1) is 36.5. The highest BCUT2D eigenvalue weighted by Crippen LogP contribution is 2.42. The summed E-state index contributed by atoms with van der Waals surface area (Å²) in [5.41, 5.74) is 4.43. The first-order valence-electron chi connectivity index (χ1n) is 16.8. The summed E-state index contributed by atoms with van der Waals surface area (Å²) in [6.07, 6.45) is 7.62. The van der Waals surface area contributed by atoms with Crippen molar-refractivity contribution >= 4 is 84.0 Å². The van der Waals surface area contributed by atoms with Gasteiger partial charge in [0.05, 0.1) is 21.1 Å². The Bertz CT molecular complexity index is 1770. The van der Waals surface area contributed by atoms with Crippen LogP contribution in [-0.2, 0) is 34.7 Å². The van der Waals surface area contributed by atoms with E-state index in [9.17, 15) is 4.21 Å². The molecule has 0 radical (unpaired) electrons. The maximum Gasteiger partial charge on any atom is 0.108 e. The van der Waals surface area contributed by atoms with Crippen LogP contribution in [0.15, 0.2) is 92.6 Å². The fraction of sp³-hybridized carbons (Fsp3) is 0.421. The van der Waals surface area contributed by atoms with Crippen molar-refractivity contribution in [3.8, 4) is 0 Å². The van der Waals surface area contributed by atoms with Gasteiger partial charge in [-0.1, -0.05) is 85.1 Å². The van der Waals surface area contributed by atoms with E-state index in [2.05, 4.69) is 95.8 Å². The van der Waals surface area contributed by atoms with E-state index >= 15 is 0 Å². The van der Waals surface area contributed by atoms with Crippen LogP contribution in [0.4, 0.5) is 0 Å². The van der Waals surface area contributed by atoms with Crippen LogP contribution >= 0.6 is 73.2 Å². The van der Waals surface area contributed by atoms with Crippen LogP contribution in [0.5, 0.6) is 0 Å². The molecule has 6 rings (SSSR count). The van der Waals surface area contributed by atoms with Gasteiger partial charge in [-0.3, -0.25) is 4.21 Å². The second kappa shape index (κ2) is 16.0. The summed E-state index contributed by atoms with van der Waals surface area (Å²) in [5, 5.41) is 1.98. The second-order valence-electron chi connectivity index (χ2n) is 13.2. The van der Waals surface area contributed by atoms with Gasteiger partial charge in [-0.25, -0.2) is 0 Å². The molecule has 0 saturated heterocycles. The van der Waals surface area contributed by atoms with Gasteiger partial charge in [-0.2, -0.15) is 0 Å². The zero-order chi connectivity index (χ0) is 33.9. The maximum absolute atomic E-state index is 13.3. The van der Waals surface area contributed by atoms with Gasteiger partial charge in [0.15, 0.2) is 0 Å². The third-order valence-corrected chi connectivity index (χ3v) is 15.3. The summed E-state index contributed by atoms with van der Waals surface area (Å²) >= 11 is 25.8. The fourth-order valence-corrected chi connectivity index (χ4v) is 13.2. The Morgan fingerprint density at radius 1 is 0.688 bits per heavy atom. The van der Waals surface area contributed by atoms with Gasteiger partial charge < -0.3 is 9.13 Å². The lowest BCUT2D eigenvalue weighted by Gasteiger charge is -2.36. The Kier molecular flexibility index (Phi) is 12.1. The number of thioether (sulfide) groups is 2. The molecule has 4 heterocycles. The van der Waals surface area contributed by atoms with E-state index < -0.39 is 10.8 Å². The third kappa shape index (κ3) is 7.51. The molecule has 0 spiro atoms. The number of hydrogen-bond donors (Lipinski definition) is 2. The Balaban J connectivity index is 1.08. The molecule has 0 fully saturated rings. The van der Waals surface area contributed by atoms with E-state index in [-0.39, 0.29) is 11.1 Å². The Morgan fingerprint density at radius 2 is 1.08 bits per heavy atom. The summed E-state index contributed by atoms with van der Waals surface area (Å²) < 4.78 is 19.5. The van der Waals surface area contributed by atoms with E-state index in [1.807, 2.05) is 23.5 Å². The molecule has 2 aromatic heterocycles. The molecule has 3 nitrogen and oxygen atoms in total. The van der Waals surface area contributed by atoms with Crippen molar-refractivity contribution in [3.05, 3.63) is 104 Å². The number of nitrogens with zero attached hydrogens (tertiary/aromatic N) is 2. The van der Waals surface area contributed by atoms with E-state index in [1.165, 1.54) is 32.0 Å². The molecule has 0 aliphatic carbocycles. The summed E-state index contributed by atoms with van der Waals surface area (Å²) in [4.78, 5) is 2.55. The van der Waals surface area contributed by atoms with Gasteiger partial charge in [-0.15, -0.1) is 48.8 Å². The monoisotopic (exact) mass is 768 g/mol. The van der Waals surface area contributed by atoms with Gasteiger partial charge in [0, 0.05) is 43.6 Å². The molecule has 0 N–H and O–H groups in total. The average molecular weight is 769 g/mol. The van der Waals surface area contributed by atoms with Gasteiger partial charge in [0.25, 0.3) is 0 Å². The summed E-state index contributed by atoms with van der Waals surface area (Å²) in [7, 11) is -0.862. The second-order valence-corrected chi connectivity index (χ2v) is 18.9. The van der Waals surface area contributed by atoms with Crippen molar-refractivity contribution in [1.82, 2.24) is 9.13 Å². The minimum Gasteiger partial charge on any atom is -0.317 e. The number of unbranched alkanes of at least 4 members (excludes halogenated alkanes) is 2. The number of benzene rings is 2. The zero-order valence-corrected chi connectivity index (χ0v) is 33.5. The highest BCUT2D eigenvalue weighted by Gasteiger charge is 2.34. The molecule has 48 heavy (non-hydrogen) atoms. The van der Waals surface area contributed by atoms with E-state index in [0.29, 0.717) is 0 Å². The molecule has 4 aromatic rings. The minimum absolute atomic E-state index is 0.329. The number of aromatic nitrogens is 2. The SMILES string of the molecule is CC(CCCCS(=O)CCCCC(C)(c1ccccc1)n1c(S)c2c(cc1=S)SCC2)(c1ccccc1)n1c(S)c2c(cc1=S)SCC2. The lowest BCUT2D eigenvalue weighted by molar-refractivity contribution is 0.321. The predicted molar refractivity (Wildman–Crippen MR) is 218 cm³/mol. The molecule has 254 valence electrons. The Labute approximate surface area is 318 Å². The van der Waals surface area contributed by atoms with Crippen LogP contribution in [0.25, 0.3) is 0 Å². The number of thiol groups is 2. The molecule has 2 aromatic carbocycles. The molecular formula is C38H44N2OS7. The van der Waals surface area contributed by atoms with Crippen molar-refractivity contribution in [1.29, 1.82) is 0 Å². The topological polar surface area (TPSA) is 26.9 Å². The average Bonchev–Trinajstić information content (AvgIpc) is 3.76. The van der Waals surface area contributed by atoms with Gasteiger partial charge in [-0.05, 0) is 99.6 Å². The van der Waals surface area contributed by atoms with Crippen molar-refractivity contribution in [2.75, 3.05) is 23.0 Å². The van der Waals surface area contributed by atoms with Gasteiger partial charge in [0.2, 0.25) is 0 Å². The molecule has 0 bridgehead atoms. The summed E-state index contributed by atoms with van der Waals surface area (Å²) in [6, 6.07) is 25.7. The number of pyridine rings is 2. The molecule has 2 aliphatic heterocycles. The molecule has 2 unspecified atom stereocenters. The molecule has 0 amide bonds. The minimum atomic E-state index is -0.862. The van der Waals surface area contributed by atoms with Crippen LogP contribution < -0.4 is 0 Å². The smallest absolute Gasteiger partial charge is 0.108 e. The van der Waals surface area contributed by atoms with E-state index in [1.54, 1.807) is 0 Å². The van der Waals surface area contributed by atoms with Crippen LogP contribution in [0.3, 0.4) is 0 Å². The first-order valence-corrected chi connectivity index (χ1v) is 22.0. The van der Waals surface area contributed by atoms with Crippen molar-refractivity contribution in [2.24, 2.45) is 0 Å². The summed E-state index contributed by atoms with van der Waals surface area (Å²) in [5.74, 6) is 3.60. The zero-order valence-electron chi connectivity index (χ0n) is 27.7. The van der Waals surface area contributed by atoms with E-state index in [4.69, 9.17) is 49.7 Å². The van der Waals surface area contributed by atoms with Crippen LogP contribution in [0.2, 0.25) is 0 Å². The standard InChI is InChI=1S/C38H44N2OS7/c1-37(27-13-5-3-6-14-27,39-33(42)25-31-29(35(39)44)17-21-46-31)19-9-11-23-48(41)24-12-10-20-38(2,28-15-7-4-8-16-28)40-34(43)26-32-30(36(40)45)18-22-47-32/h3-8,13-16,25-26,44-45H,9-12,17-24H2,1-2H3. The quantitative estimate of drug-likeness (QED) is 0.0757. The number of rotatable bonds is 14. The Hall–Kier alpha value is -1.27. The normalized spacial score (nSPS) is 17.0. The van der Waals surface area contributed by atoms with E-state index in [0.717, 1.165) is 93.7 Å². The molecule has 2 aliphatic rings. The fourth-order valence-electron chi connectivity index (χ4n) is 7.37. The molecule has 10 heteroatoms. The van der Waals surface area contributed by atoms with Crippen molar-refractivity contribution in [3.63, 3.8) is 0 Å². The largest absolute Gasteiger partial charge is 0.317 e. The lowest BCUT2D eigenvalue weighted by atomic mass is 9.86. The molecule has 0 saturated carbocycles. The third-order valence-electron chi connectivity index (χ3n) is 10.1. The molecular weight excluding hydrogens is 725 g/mol. The first-order chi connectivity index (χ1) is 23.1. The highest BCUT2D eigenvalue weighted by molar-refractivity contribution is 8.00. The highest BCUT2D eigenvalue weighted by atomic mass is 32.2. The lowest BCUT2D eigenvalue weighted by Crippen LogP contribution is -2.34. The van der Waals surface area contributed by atoms with Crippen molar-refractivity contribution < 1.29 is 4.21 Å². The van der Waals surface area contributed by atoms with Crippen LogP contribution in [0.1, 0.15) is 74.6 Å².